The number of fused-ring (bicyclic) bond motifs is 3. The number of hydrogen-bond donors (Lipinski definition) is 3. The minimum absolute atomic E-state index is 0.0333. The number of benzene rings is 2. The quantitative estimate of drug-likeness (QED) is 0.506. The van der Waals surface area contributed by atoms with Crippen LogP contribution in [-0.4, -0.2) is 34.6 Å². The molecule has 1 aliphatic heterocycles. The molecule has 2 heterocycles. The van der Waals surface area contributed by atoms with Gasteiger partial charge in [0, 0.05) is 48.3 Å². The summed E-state index contributed by atoms with van der Waals surface area (Å²) in [5.41, 5.74) is 4.39. The predicted octanol–water partition coefficient (Wildman–Crippen LogP) is 4.49. The number of amides is 1. The van der Waals surface area contributed by atoms with Gasteiger partial charge in [0.2, 0.25) is 5.91 Å². The fraction of sp³-hybridized carbons (Fsp3) is 0.333. The van der Waals surface area contributed by atoms with E-state index in [1.54, 1.807) is 0 Å². The van der Waals surface area contributed by atoms with E-state index in [1.807, 2.05) is 48.5 Å². The highest BCUT2D eigenvalue weighted by Gasteiger charge is 2.44. The van der Waals surface area contributed by atoms with Gasteiger partial charge in [-0.05, 0) is 29.5 Å². The number of aliphatic hydroxyl groups excluding tert-OH is 1. The van der Waals surface area contributed by atoms with E-state index >= 15 is 0 Å². The highest BCUT2D eigenvalue weighted by molar-refractivity contribution is 5.95. The number of esters is 1. The van der Waals surface area contributed by atoms with E-state index in [2.05, 4.69) is 23.3 Å². The van der Waals surface area contributed by atoms with E-state index in [4.69, 9.17) is 4.74 Å². The molecule has 0 saturated heterocycles. The number of carbonyl (C=O) groups is 2. The lowest BCUT2D eigenvalue weighted by Gasteiger charge is -2.34. The molecular weight excluding hydrogens is 416 g/mol. The van der Waals surface area contributed by atoms with Gasteiger partial charge in [0.1, 0.15) is 5.76 Å². The summed E-state index contributed by atoms with van der Waals surface area (Å²) < 4.78 is 5.64. The molecule has 1 amide bonds. The molecule has 0 spiro atoms. The number of hydrogen-bond acceptors (Lipinski definition) is 4. The number of aromatic nitrogens is 1. The normalized spacial score (nSPS) is 24.6. The molecule has 1 aliphatic carbocycles. The number of carbonyl (C=O) groups excluding carboxylic acids is 2. The molecule has 6 nitrogen and oxygen atoms in total. The number of rotatable bonds is 5. The molecule has 33 heavy (non-hydrogen) atoms. The molecule has 0 saturated carbocycles. The van der Waals surface area contributed by atoms with Crippen molar-refractivity contribution in [3.05, 3.63) is 82.8 Å². The van der Waals surface area contributed by atoms with Gasteiger partial charge >= 0.3 is 5.97 Å². The number of nitrogens with one attached hydrogen (secondary N) is 2. The lowest BCUT2D eigenvalue weighted by atomic mass is 9.70. The predicted molar refractivity (Wildman–Crippen MR) is 126 cm³/mol. The van der Waals surface area contributed by atoms with Crippen LogP contribution in [0.2, 0.25) is 0 Å². The van der Waals surface area contributed by atoms with Crippen LogP contribution in [-0.2, 0) is 20.7 Å². The molecule has 4 atom stereocenters. The fourth-order valence-corrected chi connectivity index (χ4v) is 5.43. The second-order valence-corrected chi connectivity index (χ2v) is 9.19. The lowest BCUT2D eigenvalue weighted by Crippen LogP contribution is -2.33. The summed E-state index contributed by atoms with van der Waals surface area (Å²) in [6.07, 6.45) is 0.445. The molecule has 0 radical (unpaired) electrons. The van der Waals surface area contributed by atoms with Crippen molar-refractivity contribution in [2.45, 2.75) is 44.6 Å². The summed E-state index contributed by atoms with van der Waals surface area (Å²) in [5.74, 6) is -0.466. The van der Waals surface area contributed by atoms with Crippen LogP contribution >= 0.6 is 0 Å². The van der Waals surface area contributed by atoms with Gasteiger partial charge in [-0.25, -0.2) is 4.79 Å². The monoisotopic (exact) mass is 444 g/mol. The number of para-hydroxylation sites is 1. The first-order valence-corrected chi connectivity index (χ1v) is 11.5. The van der Waals surface area contributed by atoms with Crippen LogP contribution in [0.25, 0.3) is 10.9 Å². The van der Waals surface area contributed by atoms with Gasteiger partial charge in [0.15, 0.2) is 6.10 Å². The molecule has 170 valence electrons. The maximum Gasteiger partial charge on any atom is 0.338 e. The Morgan fingerprint density at radius 3 is 2.64 bits per heavy atom. The molecule has 3 N–H and O–H groups in total. The zero-order valence-electron chi connectivity index (χ0n) is 18.8. The Labute approximate surface area is 192 Å². The van der Waals surface area contributed by atoms with Crippen molar-refractivity contribution >= 4 is 22.8 Å². The van der Waals surface area contributed by atoms with Gasteiger partial charge < -0.3 is 20.1 Å². The molecule has 2 aromatic carbocycles. The Morgan fingerprint density at radius 1 is 1.15 bits per heavy atom. The van der Waals surface area contributed by atoms with Gasteiger partial charge in [-0.3, -0.25) is 4.79 Å². The average Bonchev–Trinajstić information content (AvgIpc) is 3.31. The summed E-state index contributed by atoms with van der Waals surface area (Å²) in [6.45, 7) is 4.20. The summed E-state index contributed by atoms with van der Waals surface area (Å²) in [7, 11) is 0. The average molecular weight is 445 g/mol. The van der Waals surface area contributed by atoms with Crippen molar-refractivity contribution in [1.82, 2.24) is 10.3 Å². The van der Waals surface area contributed by atoms with Crippen molar-refractivity contribution in [1.29, 1.82) is 0 Å². The largest absolute Gasteiger partial charge is 0.508 e. The van der Waals surface area contributed by atoms with Crippen LogP contribution < -0.4 is 5.32 Å². The van der Waals surface area contributed by atoms with E-state index in [9.17, 15) is 14.7 Å². The minimum atomic E-state index is -0.671. The Morgan fingerprint density at radius 2 is 1.88 bits per heavy atom. The fourth-order valence-electron chi connectivity index (χ4n) is 5.43. The van der Waals surface area contributed by atoms with Crippen molar-refractivity contribution in [3.8, 4) is 0 Å². The maximum atomic E-state index is 13.0. The summed E-state index contributed by atoms with van der Waals surface area (Å²) >= 11 is 0. The van der Waals surface area contributed by atoms with Crippen LogP contribution in [0.15, 0.2) is 65.9 Å². The Balaban J connectivity index is 1.56. The van der Waals surface area contributed by atoms with E-state index in [0.717, 1.165) is 27.7 Å². The van der Waals surface area contributed by atoms with Crippen molar-refractivity contribution in [2.24, 2.45) is 5.92 Å². The molecule has 5 rings (SSSR count). The van der Waals surface area contributed by atoms with Gasteiger partial charge in [0.05, 0.1) is 5.57 Å². The standard InChI is InChI=1S/C27H28N2O4/c1-15-12-19(24-26(31)22(33-27(24)32)13-17-8-4-3-5-9-17)25-23(20(15)14-28-16(2)30)18-10-6-7-11-21(18)29-25/h3-11,15,19-20,22,29,31H,12-14H2,1-2H3,(H,28,30). The first-order valence-electron chi connectivity index (χ1n) is 11.5. The SMILES string of the molecule is CC(=O)NCC1c2c([nH]c3ccccc23)C(C2=C(O)C(Cc3ccccc3)OC2=O)CC1C. The third-order valence-electron chi connectivity index (χ3n) is 7.02. The van der Waals surface area contributed by atoms with Crippen LogP contribution in [0.3, 0.4) is 0 Å². The zero-order chi connectivity index (χ0) is 23.1. The van der Waals surface area contributed by atoms with Gasteiger partial charge in [-0.15, -0.1) is 0 Å². The Hall–Kier alpha value is -3.54. The molecule has 0 fully saturated rings. The second kappa shape index (κ2) is 8.43. The van der Waals surface area contributed by atoms with Gasteiger partial charge in [-0.1, -0.05) is 55.5 Å². The molecule has 2 aliphatic rings. The highest BCUT2D eigenvalue weighted by atomic mass is 16.6. The molecule has 3 aromatic rings. The third-order valence-corrected chi connectivity index (χ3v) is 7.02. The maximum absolute atomic E-state index is 13.0. The Kier molecular flexibility index (Phi) is 5.44. The first-order chi connectivity index (χ1) is 15.9. The van der Waals surface area contributed by atoms with Crippen LogP contribution in [0, 0.1) is 5.92 Å². The first kappa shape index (κ1) is 21.3. The molecular formula is C27H28N2O4. The molecule has 1 aromatic heterocycles. The van der Waals surface area contributed by atoms with Gasteiger partial charge in [-0.2, -0.15) is 0 Å². The van der Waals surface area contributed by atoms with Crippen molar-refractivity contribution in [3.63, 3.8) is 0 Å². The topological polar surface area (TPSA) is 91.4 Å². The second-order valence-electron chi connectivity index (χ2n) is 9.19. The zero-order valence-corrected chi connectivity index (χ0v) is 18.8. The van der Waals surface area contributed by atoms with Crippen LogP contribution in [0.5, 0.6) is 0 Å². The van der Waals surface area contributed by atoms with Crippen molar-refractivity contribution in [2.75, 3.05) is 6.54 Å². The van der Waals surface area contributed by atoms with Crippen LogP contribution in [0.1, 0.15) is 48.9 Å². The number of cyclic esters (lactones) is 1. The summed E-state index contributed by atoms with van der Waals surface area (Å²) in [6, 6.07) is 17.8. The summed E-state index contributed by atoms with van der Waals surface area (Å²) in [5, 5.41) is 15.2. The number of ether oxygens (including phenoxy) is 1. The number of H-pyrrole nitrogens is 1. The lowest BCUT2D eigenvalue weighted by molar-refractivity contribution is -0.140. The Bertz CT molecular complexity index is 1240. The number of aliphatic hydroxyl groups is 1. The van der Waals surface area contributed by atoms with E-state index < -0.39 is 12.1 Å². The van der Waals surface area contributed by atoms with Crippen LogP contribution in [0.4, 0.5) is 0 Å². The summed E-state index contributed by atoms with van der Waals surface area (Å²) in [4.78, 5) is 28.2. The highest BCUT2D eigenvalue weighted by Crippen LogP contribution is 2.49. The van der Waals surface area contributed by atoms with E-state index in [1.165, 1.54) is 6.92 Å². The van der Waals surface area contributed by atoms with E-state index in [0.29, 0.717) is 25.0 Å². The molecule has 4 unspecified atom stereocenters. The third kappa shape index (κ3) is 3.80. The van der Waals surface area contributed by atoms with Crippen molar-refractivity contribution < 1.29 is 19.4 Å². The van der Waals surface area contributed by atoms with Gasteiger partial charge in [0.25, 0.3) is 0 Å². The smallest absolute Gasteiger partial charge is 0.338 e. The number of aromatic amines is 1. The minimum Gasteiger partial charge on any atom is -0.508 e. The van der Waals surface area contributed by atoms with E-state index in [-0.39, 0.29) is 29.4 Å². The molecule has 0 bridgehead atoms. The molecule has 6 heteroatoms.